The van der Waals surface area contributed by atoms with E-state index in [-0.39, 0.29) is 6.04 Å². The maximum absolute atomic E-state index is 12.4. The molecule has 2 aliphatic heterocycles. The summed E-state index contributed by atoms with van der Waals surface area (Å²) in [7, 11) is 4.26. The molecular formula is C14H27N3O. The smallest absolute Gasteiger partial charge is 0.239 e. The Morgan fingerprint density at radius 2 is 1.83 bits per heavy atom. The van der Waals surface area contributed by atoms with E-state index in [1.54, 1.807) is 0 Å². The molecule has 104 valence electrons. The molecular weight excluding hydrogens is 226 g/mol. The molecule has 2 heterocycles. The summed E-state index contributed by atoms with van der Waals surface area (Å²) in [6.07, 6.45) is 5.62. The Morgan fingerprint density at radius 3 is 2.39 bits per heavy atom. The number of hydrogen-bond donors (Lipinski definition) is 1. The molecule has 0 aromatic carbocycles. The van der Waals surface area contributed by atoms with E-state index in [9.17, 15) is 4.79 Å². The van der Waals surface area contributed by atoms with E-state index >= 15 is 0 Å². The van der Waals surface area contributed by atoms with Gasteiger partial charge < -0.3 is 15.1 Å². The van der Waals surface area contributed by atoms with Crippen molar-refractivity contribution in [1.82, 2.24) is 15.1 Å². The summed E-state index contributed by atoms with van der Waals surface area (Å²) in [5, 5.41) is 3.45. The largest absolute Gasteiger partial charge is 0.341 e. The van der Waals surface area contributed by atoms with Crippen LogP contribution in [0, 0.1) is 0 Å². The minimum absolute atomic E-state index is 0.0738. The molecule has 0 radical (unpaired) electrons. The van der Waals surface area contributed by atoms with E-state index in [1.165, 1.54) is 12.8 Å². The third kappa shape index (κ3) is 3.23. The molecule has 2 saturated heterocycles. The van der Waals surface area contributed by atoms with Crippen molar-refractivity contribution in [3.8, 4) is 0 Å². The maximum Gasteiger partial charge on any atom is 0.239 e. The Kier molecular flexibility index (Phi) is 4.62. The summed E-state index contributed by atoms with van der Waals surface area (Å²) in [5.41, 5.74) is 0. The third-order valence-electron chi connectivity index (χ3n) is 4.42. The van der Waals surface area contributed by atoms with Crippen molar-refractivity contribution in [2.75, 3.05) is 27.2 Å². The van der Waals surface area contributed by atoms with Crippen molar-refractivity contribution in [3.63, 3.8) is 0 Å². The van der Waals surface area contributed by atoms with E-state index in [0.717, 1.165) is 32.4 Å². The van der Waals surface area contributed by atoms with Crippen molar-refractivity contribution >= 4 is 5.91 Å². The molecule has 0 aromatic rings. The Labute approximate surface area is 111 Å². The first-order valence-corrected chi connectivity index (χ1v) is 7.29. The van der Waals surface area contributed by atoms with Gasteiger partial charge in [-0.3, -0.25) is 4.79 Å². The van der Waals surface area contributed by atoms with Gasteiger partial charge >= 0.3 is 0 Å². The molecule has 4 nitrogen and oxygen atoms in total. The fourth-order valence-electron chi connectivity index (χ4n) is 3.16. The fraction of sp³-hybridized carbons (Fsp3) is 0.929. The van der Waals surface area contributed by atoms with Crippen LogP contribution in [0.1, 0.15) is 39.0 Å². The molecule has 0 spiro atoms. The van der Waals surface area contributed by atoms with Crippen LogP contribution in [0.3, 0.4) is 0 Å². The van der Waals surface area contributed by atoms with Crippen molar-refractivity contribution in [2.24, 2.45) is 0 Å². The van der Waals surface area contributed by atoms with E-state index in [4.69, 9.17) is 0 Å². The van der Waals surface area contributed by atoms with Crippen LogP contribution < -0.4 is 5.32 Å². The molecule has 0 aromatic heterocycles. The van der Waals surface area contributed by atoms with Crippen LogP contribution in [0.2, 0.25) is 0 Å². The highest BCUT2D eigenvalue weighted by molar-refractivity contribution is 5.82. The highest BCUT2D eigenvalue weighted by Crippen LogP contribution is 2.18. The summed E-state index contributed by atoms with van der Waals surface area (Å²) in [4.78, 5) is 16.8. The molecule has 2 rings (SSSR count). The zero-order valence-electron chi connectivity index (χ0n) is 12.0. The second-order valence-corrected chi connectivity index (χ2v) is 6.07. The molecule has 0 saturated carbocycles. The van der Waals surface area contributed by atoms with Gasteiger partial charge in [0.25, 0.3) is 0 Å². The number of likely N-dealkylation sites (tertiary alicyclic amines) is 1. The van der Waals surface area contributed by atoms with E-state index in [1.807, 2.05) is 0 Å². The molecule has 4 heteroatoms. The van der Waals surface area contributed by atoms with Gasteiger partial charge in [0.1, 0.15) is 0 Å². The Hall–Kier alpha value is -0.610. The molecule has 2 unspecified atom stereocenters. The van der Waals surface area contributed by atoms with E-state index in [2.05, 4.69) is 36.1 Å². The van der Waals surface area contributed by atoms with Crippen LogP contribution in [-0.2, 0) is 4.79 Å². The van der Waals surface area contributed by atoms with Crippen LogP contribution in [0.5, 0.6) is 0 Å². The molecule has 0 aliphatic carbocycles. The van der Waals surface area contributed by atoms with Gasteiger partial charge in [-0.2, -0.15) is 0 Å². The average Bonchev–Trinajstić information content (AvgIpc) is 2.38. The van der Waals surface area contributed by atoms with Gasteiger partial charge in [0.2, 0.25) is 5.91 Å². The van der Waals surface area contributed by atoms with Crippen molar-refractivity contribution < 1.29 is 4.79 Å². The van der Waals surface area contributed by atoms with Gasteiger partial charge in [-0.05, 0) is 53.1 Å². The maximum atomic E-state index is 12.4. The normalized spacial score (nSPS) is 30.8. The van der Waals surface area contributed by atoms with Crippen LogP contribution in [0.25, 0.3) is 0 Å². The number of piperidine rings is 2. The fourth-order valence-corrected chi connectivity index (χ4v) is 3.16. The summed E-state index contributed by atoms with van der Waals surface area (Å²) >= 11 is 0. The zero-order valence-corrected chi connectivity index (χ0v) is 12.0. The first kappa shape index (κ1) is 13.8. The van der Waals surface area contributed by atoms with Gasteiger partial charge in [-0.25, -0.2) is 0 Å². The lowest BCUT2D eigenvalue weighted by atomic mass is 9.97. The second-order valence-electron chi connectivity index (χ2n) is 6.07. The number of amides is 1. The van der Waals surface area contributed by atoms with Crippen molar-refractivity contribution in [3.05, 3.63) is 0 Å². The predicted molar refractivity (Wildman–Crippen MR) is 73.5 cm³/mol. The van der Waals surface area contributed by atoms with Crippen LogP contribution in [0.15, 0.2) is 0 Å². The van der Waals surface area contributed by atoms with Crippen LogP contribution in [-0.4, -0.2) is 61.0 Å². The highest BCUT2D eigenvalue weighted by Gasteiger charge is 2.30. The van der Waals surface area contributed by atoms with Crippen LogP contribution >= 0.6 is 0 Å². The van der Waals surface area contributed by atoms with Crippen LogP contribution in [0.4, 0.5) is 0 Å². The first-order chi connectivity index (χ1) is 8.58. The van der Waals surface area contributed by atoms with Gasteiger partial charge in [-0.15, -0.1) is 0 Å². The third-order valence-corrected chi connectivity index (χ3v) is 4.42. The summed E-state index contributed by atoms with van der Waals surface area (Å²) in [6, 6.07) is 1.21. The number of carbonyl (C=O) groups excluding carboxylic acids is 1. The summed E-state index contributed by atoms with van der Waals surface area (Å²) < 4.78 is 0. The number of nitrogens with one attached hydrogen (secondary N) is 1. The molecule has 1 amide bonds. The van der Waals surface area contributed by atoms with E-state index < -0.39 is 0 Å². The Bertz CT molecular complexity index is 285. The van der Waals surface area contributed by atoms with Gasteiger partial charge in [0, 0.05) is 25.2 Å². The lowest BCUT2D eigenvalue weighted by Gasteiger charge is -2.38. The lowest BCUT2D eigenvalue weighted by molar-refractivity contribution is -0.135. The van der Waals surface area contributed by atoms with Gasteiger partial charge in [-0.1, -0.05) is 0 Å². The van der Waals surface area contributed by atoms with Crippen molar-refractivity contribution in [1.29, 1.82) is 0 Å². The number of nitrogens with zero attached hydrogens (tertiary/aromatic N) is 2. The summed E-state index contributed by atoms with van der Waals surface area (Å²) in [6.45, 7) is 4.03. The molecule has 2 aliphatic rings. The SMILES string of the molecule is CC1CCCC(C(=O)N2CCC(N(C)C)CC2)N1. The standard InChI is InChI=1S/C14H27N3O/c1-11-5-4-6-13(15-11)14(18)17-9-7-12(8-10-17)16(2)3/h11-13,15H,4-10H2,1-3H3. The first-order valence-electron chi connectivity index (χ1n) is 7.29. The minimum atomic E-state index is 0.0738. The monoisotopic (exact) mass is 253 g/mol. The average molecular weight is 253 g/mol. The minimum Gasteiger partial charge on any atom is -0.341 e. The van der Waals surface area contributed by atoms with Gasteiger partial charge in [0.05, 0.1) is 6.04 Å². The summed E-state index contributed by atoms with van der Waals surface area (Å²) in [5.74, 6) is 0.332. The predicted octanol–water partition coefficient (Wildman–Crippen LogP) is 1.07. The quantitative estimate of drug-likeness (QED) is 0.799. The molecule has 1 N–H and O–H groups in total. The van der Waals surface area contributed by atoms with Gasteiger partial charge in [0.15, 0.2) is 0 Å². The molecule has 2 fully saturated rings. The Balaban J connectivity index is 1.83. The van der Waals surface area contributed by atoms with E-state index in [0.29, 0.717) is 18.0 Å². The van der Waals surface area contributed by atoms with Crippen molar-refractivity contribution in [2.45, 2.75) is 57.2 Å². The topological polar surface area (TPSA) is 35.6 Å². The highest BCUT2D eigenvalue weighted by atomic mass is 16.2. The second kappa shape index (κ2) is 6.02. The number of hydrogen-bond acceptors (Lipinski definition) is 3. The zero-order chi connectivity index (χ0) is 13.1. The lowest BCUT2D eigenvalue weighted by Crippen LogP contribution is -2.54. The molecule has 2 atom stereocenters. The number of rotatable bonds is 2. The Morgan fingerprint density at radius 1 is 1.17 bits per heavy atom. The number of carbonyl (C=O) groups is 1. The molecule has 18 heavy (non-hydrogen) atoms. The molecule has 0 bridgehead atoms.